The molecule has 0 aliphatic rings. The molecule has 0 aliphatic carbocycles. The molecular weight excluding hydrogens is 583 g/mol. The van der Waals surface area contributed by atoms with Crippen molar-refractivity contribution in [1.29, 1.82) is 0 Å². The number of nitrogens with zero attached hydrogens (tertiary/aromatic N) is 2. The van der Waals surface area contributed by atoms with Crippen molar-refractivity contribution >= 4 is 39.8 Å². The third kappa shape index (κ3) is 8.75. The van der Waals surface area contributed by atoms with Crippen molar-refractivity contribution in [1.82, 2.24) is 0 Å². The molecule has 0 saturated heterocycles. The molecule has 0 fully saturated rings. The normalized spacial score (nSPS) is 12.2. The van der Waals surface area contributed by atoms with E-state index in [1.165, 1.54) is 33.2 Å². The molecule has 0 unspecified atom stereocenters. The van der Waals surface area contributed by atoms with Crippen LogP contribution in [0.25, 0.3) is 10.6 Å². The Morgan fingerprint density at radius 2 is 0.788 bits per heavy atom. The molecule has 0 radical (unpaired) electrons. The van der Waals surface area contributed by atoms with E-state index >= 15 is 0 Å². The maximum atomic E-state index is 5.13. The van der Waals surface area contributed by atoms with Gasteiger partial charge in [-0.05, 0) is 23.7 Å². The van der Waals surface area contributed by atoms with Gasteiger partial charge >= 0.3 is 39.3 Å². The van der Waals surface area contributed by atoms with E-state index in [4.69, 9.17) is 10.6 Å². The number of halogens is 2. The molecule has 2 rings (SSSR count). The number of hydrogen-bond donors (Lipinski definition) is 0. The average molecular weight is 623 g/mol. The van der Waals surface area contributed by atoms with Gasteiger partial charge in [0.2, 0.25) is 0 Å². The number of allylic oxidation sites excluding steroid dienone is 2. The molecule has 2 nitrogen and oxygen atoms in total. The zero-order chi connectivity index (χ0) is 25.3. The predicted molar refractivity (Wildman–Crippen MR) is 152 cm³/mol. The second-order valence-corrected chi connectivity index (χ2v) is 14.6. The minimum atomic E-state index is 0.432. The number of benzene rings is 2. The maximum absolute atomic E-state index is 5.13. The summed E-state index contributed by atoms with van der Waals surface area (Å²) in [6.07, 6.45) is 0. The van der Waals surface area contributed by atoms with Crippen LogP contribution in [0.4, 0.5) is 11.4 Å². The standard InChI is InChI=1S/C28H40N2.2BrH.Ni/c1-17(2)23-13-11-14-24(18(3)4)27(23)29-21(9)22(10)30-28-25(19(5)6)15-12-16-26(28)20(7)8;;;/h11-20H,1-10H3;2*1H;/q-2;;;+4/p-2/b22-21-;;;. The van der Waals surface area contributed by atoms with Gasteiger partial charge in [-0.2, -0.15) is 11.4 Å². The summed E-state index contributed by atoms with van der Waals surface area (Å²) in [5.74, 6) is 1.73. The summed E-state index contributed by atoms with van der Waals surface area (Å²) < 4.78 is 0. The summed E-state index contributed by atoms with van der Waals surface area (Å²) in [4.78, 5) is 0. The third-order valence-corrected chi connectivity index (χ3v) is 5.77. The SMILES string of the molecule is C/C([N-]c1c(C(C)C)cccc1C(C)C)=C(\C)[N-]c1c(C(C)C)cccc1C(C)C.[Br][Ni+2][Br]. The molecule has 0 aromatic heterocycles. The van der Waals surface area contributed by atoms with Crippen molar-refractivity contribution in [3.05, 3.63) is 80.7 Å². The van der Waals surface area contributed by atoms with Crippen molar-refractivity contribution in [3.63, 3.8) is 0 Å². The van der Waals surface area contributed by atoms with Crippen molar-refractivity contribution in [2.45, 2.75) is 92.9 Å². The zero-order valence-electron chi connectivity index (χ0n) is 21.7. The van der Waals surface area contributed by atoms with Crippen LogP contribution >= 0.6 is 28.5 Å². The third-order valence-electron chi connectivity index (χ3n) is 5.77. The van der Waals surface area contributed by atoms with Crippen LogP contribution in [0.1, 0.15) is 115 Å². The molecule has 0 heterocycles. The summed E-state index contributed by atoms with van der Waals surface area (Å²) in [6, 6.07) is 13.2. The van der Waals surface area contributed by atoms with Crippen LogP contribution in [0.5, 0.6) is 0 Å². The van der Waals surface area contributed by atoms with Gasteiger partial charge in [0, 0.05) is 0 Å². The molecule has 0 bridgehead atoms. The second kappa shape index (κ2) is 14.6. The number of rotatable bonds is 8. The minimum absolute atomic E-state index is 0.432. The van der Waals surface area contributed by atoms with Crippen molar-refractivity contribution < 1.29 is 10.9 Å². The number of para-hydroxylation sites is 2. The topological polar surface area (TPSA) is 28.2 Å². The van der Waals surface area contributed by atoms with E-state index in [1.807, 2.05) is 0 Å². The molecule has 0 amide bonds. The van der Waals surface area contributed by atoms with E-state index in [-0.39, 0.29) is 0 Å². The average Bonchev–Trinajstić information content (AvgIpc) is 2.73. The van der Waals surface area contributed by atoms with Gasteiger partial charge in [-0.3, -0.25) is 0 Å². The van der Waals surface area contributed by atoms with Crippen LogP contribution in [0.2, 0.25) is 0 Å². The summed E-state index contributed by atoms with van der Waals surface area (Å²) >= 11 is 6.00. The van der Waals surface area contributed by atoms with Crippen LogP contribution in [0.15, 0.2) is 47.8 Å². The van der Waals surface area contributed by atoms with Crippen LogP contribution in [0.3, 0.4) is 0 Å². The molecule has 186 valence electrons. The van der Waals surface area contributed by atoms with Gasteiger partial charge in [-0.25, -0.2) is 0 Å². The van der Waals surface area contributed by atoms with Gasteiger partial charge in [0.1, 0.15) is 0 Å². The van der Waals surface area contributed by atoms with Gasteiger partial charge in [0.15, 0.2) is 0 Å². The van der Waals surface area contributed by atoms with E-state index < -0.39 is 0 Å². The van der Waals surface area contributed by atoms with E-state index in [1.54, 1.807) is 0 Å². The molecule has 2 aromatic rings. The first-order valence-corrected chi connectivity index (χ1v) is 16.5. The first kappa shape index (κ1) is 30.3. The van der Waals surface area contributed by atoms with Gasteiger partial charge in [-0.15, -0.1) is 11.4 Å². The molecule has 0 spiro atoms. The molecular formula is C28H40Br2N2Ni. The first-order valence-electron chi connectivity index (χ1n) is 11.6. The molecule has 5 heteroatoms. The number of hydrogen-bond acceptors (Lipinski definition) is 0. The Morgan fingerprint density at radius 3 is 0.970 bits per heavy atom. The Labute approximate surface area is 223 Å². The molecule has 33 heavy (non-hydrogen) atoms. The second-order valence-electron chi connectivity index (χ2n) is 9.63. The fraction of sp³-hybridized carbons (Fsp3) is 0.500. The fourth-order valence-electron chi connectivity index (χ4n) is 3.78. The summed E-state index contributed by atoms with van der Waals surface area (Å²) in [5.41, 5.74) is 9.43. The van der Waals surface area contributed by atoms with E-state index in [2.05, 4.69) is 134 Å². The van der Waals surface area contributed by atoms with E-state index in [0.717, 1.165) is 22.8 Å². The quantitative estimate of drug-likeness (QED) is 0.262. The van der Waals surface area contributed by atoms with Crippen LogP contribution in [-0.4, -0.2) is 0 Å². The Balaban J connectivity index is 0.00000172. The summed E-state index contributed by atoms with van der Waals surface area (Å²) in [6.45, 7) is 22.1. The molecule has 0 saturated carbocycles. The van der Waals surface area contributed by atoms with Crippen LogP contribution in [0, 0.1) is 0 Å². The molecule has 2 aromatic carbocycles. The Hall–Kier alpha value is -0.766. The van der Waals surface area contributed by atoms with Crippen LogP contribution < -0.4 is 0 Å². The van der Waals surface area contributed by atoms with E-state index in [0.29, 0.717) is 23.7 Å². The summed E-state index contributed by atoms with van der Waals surface area (Å²) in [5, 5.41) is 10.3. The zero-order valence-corrected chi connectivity index (χ0v) is 25.9. The van der Waals surface area contributed by atoms with Gasteiger partial charge in [-0.1, -0.05) is 128 Å². The summed E-state index contributed by atoms with van der Waals surface area (Å²) in [7, 11) is 1.25. The van der Waals surface area contributed by atoms with Gasteiger partial charge in [0.05, 0.1) is 0 Å². The van der Waals surface area contributed by atoms with Crippen molar-refractivity contribution in [3.8, 4) is 0 Å². The Bertz CT molecular complexity index is 792. The fourth-order valence-corrected chi connectivity index (χ4v) is 3.78. The molecule has 0 atom stereocenters. The molecule has 0 N–H and O–H groups in total. The Kier molecular flexibility index (Phi) is 13.4. The molecule has 0 aliphatic heterocycles. The van der Waals surface area contributed by atoms with Crippen molar-refractivity contribution in [2.75, 3.05) is 0 Å². The van der Waals surface area contributed by atoms with Gasteiger partial charge in [0.25, 0.3) is 0 Å². The predicted octanol–water partition coefficient (Wildman–Crippen LogP) is 11.8. The van der Waals surface area contributed by atoms with Gasteiger partial charge < -0.3 is 10.6 Å². The van der Waals surface area contributed by atoms with Crippen molar-refractivity contribution in [2.24, 2.45) is 0 Å². The van der Waals surface area contributed by atoms with E-state index in [9.17, 15) is 0 Å². The monoisotopic (exact) mass is 620 g/mol. The van der Waals surface area contributed by atoms with Crippen LogP contribution in [-0.2, 0) is 10.9 Å². The Morgan fingerprint density at radius 1 is 0.576 bits per heavy atom. The first-order chi connectivity index (χ1) is 15.5.